The Kier molecular flexibility index (Phi) is 4.41. The van der Waals surface area contributed by atoms with E-state index in [9.17, 15) is 14.9 Å². The van der Waals surface area contributed by atoms with E-state index in [0.717, 1.165) is 10.6 Å². The molecule has 0 aliphatic rings. The molecule has 0 aliphatic carbocycles. The van der Waals surface area contributed by atoms with Crippen molar-refractivity contribution in [2.24, 2.45) is 0 Å². The number of ether oxygens (including phenoxy) is 1. The van der Waals surface area contributed by atoms with Gasteiger partial charge in [0.15, 0.2) is 5.75 Å². The quantitative estimate of drug-likeness (QED) is 0.464. The largest absolute Gasteiger partial charge is 0.486 e. The van der Waals surface area contributed by atoms with Crippen LogP contribution in [-0.4, -0.2) is 22.8 Å². The monoisotopic (exact) mass is 292 g/mol. The third-order valence-electron chi connectivity index (χ3n) is 2.75. The van der Waals surface area contributed by atoms with Gasteiger partial charge in [-0.25, -0.2) is 4.98 Å². The summed E-state index contributed by atoms with van der Waals surface area (Å²) < 4.78 is 5.45. The van der Waals surface area contributed by atoms with Gasteiger partial charge in [0, 0.05) is 22.9 Å². The first-order valence-electron chi connectivity index (χ1n) is 5.87. The Bertz CT molecular complexity index is 639. The molecule has 0 atom stereocenters. The Morgan fingerprint density at radius 3 is 2.90 bits per heavy atom. The number of nitrogens with zero attached hydrogens (tertiary/aromatic N) is 2. The van der Waals surface area contributed by atoms with Gasteiger partial charge in [0.05, 0.1) is 22.7 Å². The summed E-state index contributed by atoms with van der Waals surface area (Å²) in [5.74, 6) is 0.169. The van der Waals surface area contributed by atoms with Crippen molar-refractivity contribution in [3.8, 4) is 5.75 Å². The molecule has 0 saturated heterocycles. The van der Waals surface area contributed by atoms with Crippen LogP contribution >= 0.6 is 11.3 Å². The summed E-state index contributed by atoms with van der Waals surface area (Å²) in [5, 5.41) is 10.9. The minimum atomic E-state index is -0.555. The molecule has 0 amide bonds. The second kappa shape index (κ2) is 6.25. The Morgan fingerprint density at radius 2 is 2.30 bits per heavy atom. The molecule has 0 N–H and O–H groups in total. The highest BCUT2D eigenvalue weighted by Crippen LogP contribution is 2.27. The highest BCUT2D eigenvalue weighted by molar-refractivity contribution is 7.09. The van der Waals surface area contributed by atoms with Gasteiger partial charge in [0.2, 0.25) is 0 Å². The minimum Gasteiger partial charge on any atom is -0.486 e. The molecule has 0 aliphatic heterocycles. The molecule has 6 nitrogen and oxygen atoms in total. The van der Waals surface area contributed by atoms with Crippen LogP contribution in [0.2, 0.25) is 0 Å². The van der Waals surface area contributed by atoms with Gasteiger partial charge in [-0.05, 0) is 19.1 Å². The average Bonchev–Trinajstić information content (AvgIpc) is 2.84. The molecular weight excluding hydrogens is 280 g/mol. The van der Waals surface area contributed by atoms with E-state index in [1.54, 1.807) is 5.51 Å². The molecule has 104 valence electrons. The summed E-state index contributed by atoms with van der Waals surface area (Å²) >= 11 is 1.53. The number of carbonyl (C=O) groups excluding carboxylic acids is 1. The lowest BCUT2D eigenvalue weighted by molar-refractivity contribution is -0.385. The number of rotatable bonds is 6. The van der Waals surface area contributed by atoms with E-state index in [0.29, 0.717) is 19.3 Å². The smallest absolute Gasteiger partial charge is 0.311 e. The topological polar surface area (TPSA) is 82.3 Å². The van der Waals surface area contributed by atoms with Crippen LogP contribution in [0.4, 0.5) is 5.69 Å². The van der Waals surface area contributed by atoms with E-state index in [1.807, 2.05) is 6.92 Å². The zero-order valence-corrected chi connectivity index (χ0v) is 11.6. The zero-order valence-electron chi connectivity index (χ0n) is 10.7. The van der Waals surface area contributed by atoms with Crippen LogP contribution in [0.15, 0.2) is 23.7 Å². The van der Waals surface area contributed by atoms with E-state index in [-0.39, 0.29) is 17.0 Å². The highest BCUT2D eigenvalue weighted by Gasteiger charge is 2.16. The summed E-state index contributed by atoms with van der Waals surface area (Å²) in [7, 11) is 0. The van der Waals surface area contributed by atoms with E-state index in [2.05, 4.69) is 4.98 Å². The lowest BCUT2D eigenvalue weighted by atomic mass is 10.2. The van der Waals surface area contributed by atoms with Gasteiger partial charge in [-0.3, -0.25) is 14.9 Å². The number of hydrogen-bond acceptors (Lipinski definition) is 6. The van der Waals surface area contributed by atoms with Crippen LogP contribution in [-0.2, 0) is 6.42 Å². The molecule has 7 heteroatoms. The van der Waals surface area contributed by atoms with Crippen LogP contribution in [0.25, 0.3) is 0 Å². The van der Waals surface area contributed by atoms with Crippen molar-refractivity contribution in [3.63, 3.8) is 0 Å². The standard InChI is InChI=1S/C13H12N2O4S/c1-9-13(20-8-14-9)4-5-19-12-3-2-10(7-16)6-11(12)15(17)18/h2-3,6-8H,4-5H2,1H3. The summed E-state index contributed by atoms with van der Waals surface area (Å²) in [6.07, 6.45) is 1.21. The fourth-order valence-electron chi connectivity index (χ4n) is 1.69. The number of benzene rings is 1. The van der Waals surface area contributed by atoms with Gasteiger partial charge in [0.1, 0.15) is 6.29 Å². The molecule has 0 bridgehead atoms. The van der Waals surface area contributed by atoms with Crippen molar-refractivity contribution in [2.45, 2.75) is 13.3 Å². The van der Waals surface area contributed by atoms with Gasteiger partial charge < -0.3 is 4.74 Å². The molecule has 1 heterocycles. The zero-order chi connectivity index (χ0) is 14.5. The summed E-state index contributed by atoms with van der Waals surface area (Å²) in [5.41, 5.74) is 2.76. The maximum atomic E-state index is 10.9. The van der Waals surface area contributed by atoms with Crippen molar-refractivity contribution >= 4 is 23.3 Å². The van der Waals surface area contributed by atoms with E-state index < -0.39 is 4.92 Å². The molecule has 0 spiro atoms. The molecule has 0 unspecified atom stereocenters. The molecule has 2 rings (SSSR count). The van der Waals surface area contributed by atoms with E-state index in [4.69, 9.17) is 4.74 Å². The predicted octanol–water partition coefficient (Wildman–Crippen LogP) is 2.79. The van der Waals surface area contributed by atoms with E-state index in [1.165, 1.54) is 29.5 Å². The molecule has 1 aromatic carbocycles. The van der Waals surface area contributed by atoms with E-state index >= 15 is 0 Å². The first-order valence-corrected chi connectivity index (χ1v) is 6.75. The third kappa shape index (κ3) is 3.18. The Balaban J connectivity index is 2.07. The minimum absolute atomic E-state index is 0.169. The Morgan fingerprint density at radius 1 is 1.50 bits per heavy atom. The number of nitro groups is 1. The van der Waals surface area contributed by atoms with Gasteiger partial charge in [-0.2, -0.15) is 0 Å². The fraction of sp³-hybridized carbons (Fsp3) is 0.231. The normalized spacial score (nSPS) is 10.2. The SMILES string of the molecule is Cc1ncsc1CCOc1ccc(C=O)cc1[N+](=O)[O-]. The summed E-state index contributed by atoms with van der Waals surface area (Å²) in [4.78, 5) is 26.2. The van der Waals surface area contributed by atoms with Crippen LogP contribution in [0.5, 0.6) is 5.75 Å². The number of hydrogen-bond donors (Lipinski definition) is 0. The summed E-state index contributed by atoms with van der Waals surface area (Å²) in [6.45, 7) is 2.23. The van der Waals surface area contributed by atoms with Crippen molar-refractivity contribution in [2.75, 3.05) is 6.61 Å². The van der Waals surface area contributed by atoms with Crippen LogP contribution in [0, 0.1) is 17.0 Å². The number of aryl methyl sites for hydroxylation is 1. The molecule has 20 heavy (non-hydrogen) atoms. The van der Waals surface area contributed by atoms with Crippen LogP contribution in [0.1, 0.15) is 20.9 Å². The Hall–Kier alpha value is -2.28. The van der Waals surface area contributed by atoms with Gasteiger partial charge in [-0.15, -0.1) is 11.3 Å². The van der Waals surface area contributed by atoms with Crippen molar-refractivity contribution in [1.29, 1.82) is 0 Å². The molecule has 0 saturated carbocycles. The number of thiazole rings is 1. The third-order valence-corrected chi connectivity index (χ3v) is 3.74. The first-order chi connectivity index (χ1) is 9.61. The molecule has 1 aromatic heterocycles. The molecular formula is C13H12N2O4S. The van der Waals surface area contributed by atoms with Gasteiger partial charge in [-0.1, -0.05) is 0 Å². The molecule has 0 radical (unpaired) electrons. The molecule has 2 aromatic rings. The van der Waals surface area contributed by atoms with Crippen molar-refractivity contribution in [1.82, 2.24) is 4.98 Å². The average molecular weight is 292 g/mol. The van der Waals surface area contributed by atoms with Gasteiger partial charge in [0.25, 0.3) is 0 Å². The maximum absolute atomic E-state index is 10.9. The number of nitro benzene ring substituents is 1. The Labute approximate surface area is 119 Å². The lowest BCUT2D eigenvalue weighted by Gasteiger charge is -2.06. The van der Waals surface area contributed by atoms with Crippen LogP contribution in [0.3, 0.4) is 0 Å². The second-order valence-electron chi connectivity index (χ2n) is 4.06. The van der Waals surface area contributed by atoms with Gasteiger partial charge >= 0.3 is 5.69 Å². The van der Waals surface area contributed by atoms with Crippen molar-refractivity contribution < 1.29 is 14.5 Å². The van der Waals surface area contributed by atoms with Crippen LogP contribution < -0.4 is 4.74 Å². The fourth-order valence-corrected chi connectivity index (χ4v) is 2.45. The predicted molar refractivity (Wildman–Crippen MR) is 74.5 cm³/mol. The lowest BCUT2D eigenvalue weighted by Crippen LogP contribution is -2.04. The number of aldehydes is 1. The second-order valence-corrected chi connectivity index (χ2v) is 5.00. The molecule has 0 fully saturated rings. The number of carbonyl (C=O) groups is 1. The maximum Gasteiger partial charge on any atom is 0.311 e. The van der Waals surface area contributed by atoms with Crippen molar-refractivity contribution in [3.05, 3.63) is 50.0 Å². The highest BCUT2D eigenvalue weighted by atomic mass is 32.1. The summed E-state index contributed by atoms with van der Waals surface area (Å²) in [6, 6.07) is 4.15. The first kappa shape index (κ1) is 14.1. The number of aromatic nitrogens is 1.